The van der Waals surface area contributed by atoms with Gasteiger partial charge in [0.25, 0.3) is 0 Å². The lowest BCUT2D eigenvalue weighted by Crippen LogP contribution is -2.30. The van der Waals surface area contributed by atoms with Gasteiger partial charge < -0.3 is 33.8 Å². The SMILES string of the molecule is CCC(C)CCCCCCCCC(=O)OC[C@H](COP(=O)(O)OC[C@H](O)COP(=O)(O)OC[C@@H](COC(=O)CCCCCCCCCCCCCCCCCCC(C)C)OC(=O)CCCCCCCCCCCCCC(C)C)OC(=O)CCCCCCCCCCCCC(C)C. The Bertz CT molecular complexity index is 1890. The Kier molecular flexibility index (Phi) is 65.0. The van der Waals surface area contributed by atoms with E-state index in [1.165, 1.54) is 186 Å². The van der Waals surface area contributed by atoms with Gasteiger partial charge in [0.2, 0.25) is 0 Å². The molecular formula is C77H150O17P2. The molecule has 0 aromatic rings. The number of esters is 4. The minimum atomic E-state index is -4.96. The molecule has 0 aliphatic rings. The van der Waals surface area contributed by atoms with Crippen molar-refractivity contribution in [2.45, 2.75) is 408 Å². The lowest BCUT2D eigenvalue weighted by Gasteiger charge is -2.21. The molecule has 0 fully saturated rings. The number of aliphatic hydroxyl groups excluding tert-OH is 1. The summed E-state index contributed by atoms with van der Waals surface area (Å²) in [5.41, 5.74) is 0. The lowest BCUT2D eigenvalue weighted by molar-refractivity contribution is -0.161. The molecule has 0 rings (SSSR count). The Hall–Kier alpha value is -1.94. The van der Waals surface area contributed by atoms with Crippen LogP contribution in [0, 0.1) is 23.7 Å². The van der Waals surface area contributed by atoms with Gasteiger partial charge in [0.05, 0.1) is 26.4 Å². The monoisotopic (exact) mass is 1410 g/mol. The van der Waals surface area contributed by atoms with Gasteiger partial charge >= 0.3 is 39.5 Å². The highest BCUT2D eigenvalue weighted by atomic mass is 31.2. The summed E-state index contributed by atoms with van der Waals surface area (Å²) < 4.78 is 68.5. The van der Waals surface area contributed by atoms with E-state index in [1.807, 2.05) is 0 Å². The van der Waals surface area contributed by atoms with Crippen molar-refractivity contribution in [3.8, 4) is 0 Å². The second kappa shape index (κ2) is 66.3. The molecule has 0 aromatic carbocycles. The molecule has 0 heterocycles. The zero-order valence-electron chi connectivity index (χ0n) is 63.0. The molecule has 570 valence electrons. The van der Waals surface area contributed by atoms with Crippen molar-refractivity contribution in [1.82, 2.24) is 0 Å². The third-order valence-electron chi connectivity index (χ3n) is 18.2. The van der Waals surface area contributed by atoms with Gasteiger partial charge in [-0.2, -0.15) is 0 Å². The molecule has 0 spiro atoms. The molecule has 0 saturated carbocycles. The summed E-state index contributed by atoms with van der Waals surface area (Å²) in [6, 6.07) is 0. The quantitative estimate of drug-likeness (QED) is 0.0222. The molecule has 0 radical (unpaired) electrons. The van der Waals surface area contributed by atoms with Crippen LogP contribution in [-0.4, -0.2) is 96.7 Å². The second-order valence-corrected chi connectivity index (χ2v) is 32.3. The molecular weight excluding hydrogens is 1260 g/mol. The average Bonchev–Trinajstić information content (AvgIpc) is 3.40. The van der Waals surface area contributed by atoms with Crippen molar-refractivity contribution < 1.29 is 80.2 Å². The van der Waals surface area contributed by atoms with Crippen molar-refractivity contribution in [3.63, 3.8) is 0 Å². The van der Waals surface area contributed by atoms with E-state index in [9.17, 15) is 43.2 Å². The molecule has 3 unspecified atom stereocenters. The van der Waals surface area contributed by atoms with Crippen LogP contribution >= 0.6 is 15.6 Å². The maximum Gasteiger partial charge on any atom is 0.472 e. The van der Waals surface area contributed by atoms with Gasteiger partial charge in [0, 0.05) is 25.7 Å². The highest BCUT2D eigenvalue weighted by Crippen LogP contribution is 2.45. The molecule has 0 bridgehead atoms. The predicted molar refractivity (Wildman–Crippen MR) is 391 cm³/mol. The van der Waals surface area contributed by atoms with Gasteiger partial charge in [-0.3, -0.25) is 37.3 Å². The highest BCUT2D eigenvalue weighted by molar-refractivity contribution is 7.47. The van der Waals surface area contributed by atoms with Gasteiger partial charge in [0.1, 0.15) is 19.3 Å². The zero-order valence-corrected chi connectivity index (χ0v) is 64.8. The summed E-state index contributed by atoms with van der Waals surface area (Å²) in [6.45, 7) is 14.2. The summed E-state index contributed by atoms with van der Waals surface area (Å²) in [7, 11) is -9.91. The van der Waals surface area contributed by atoms with Crippen LogP contribution in [0.4, 0.5) is 0 Å². The summed E-state index contributed by atoms with van der Waals surface area (Å²) in [5, 5.41) is 10.6. The minimum absolute atomic E-state index is 0.105. The fourth-order valence-electron chi connectivity index (χ4n) is 11.7. The van der Waals surface area contributed by atoms with Crippen molar-refractivity contribution in [3.05, 3.63) is 0 Å². The number of hydrogen-bond donors (Lipinski definition) is 3. The van der Waals surface area contributed by atoms with Gasteiger partial charge in [-0.1, -0.05) is 338 Å². The first kappa shape index (κ1) is 94.1. The third-order valence-corrected chi connectivity index (χ3v) is 20.1. The second-order valence-electron chi connectivity index (χ2n) is 29.4. The molecule has 3 N–H and O–H groups in total. The van der Waals surface area contributed by atoms with Gasteiger partial charge in [0.15, 0.2) is 12.2 Å². The largest absolute Gasteiger partial charge is 0.472 e. The van der Waals surface area contributed by atoms with E-state index >= 15 is 0 Å². The Balaban J connectivity index is 5.23. The van der Waals surface area contributed by atoms with E-state index in [2.05, 4.69) is 55.4 Å². The van der Waals surface area contributed by atoms with E-state index in [4.69, 9.17) is 37.0 Å². The Morgan fingerprint density at radius 2 is 0.500 bits per heavy atom. The zero-order chi connectivity index (χ0) is 71.0. The number of phosphoric acid groups is 2. The number of rotatable bonds is 74. The van der Waals surface area contributed by atoms with Crippen LogP contribution in [0.2, 0.25) is 0 Å². The van der Waals surface area contributed by atoms with Crippen molar-refractivity contribution >= 4 is 39.5 Å². The normalized spacial score (nSPS) is 14.4. The average molecular weight is 1410 g/mol. The molecule has 96 heavy (non-hydrogen) atoms. The summed E-state index contributed by atoms with van der Waals surface area (Å²) in [6.07, 6.45) is 51.4. The summed E-state index contributed by atoms with van der Waals surface area (Å²) >= 11 is 0. The van der Waals surface area contributed by atoms with Crippen LogP contribution in [0.1, 0.15) is 389 Å². The summed E-state index contributed by atoms with van der Waals surface area (Å²) in [4.78, 5) is 72.8. The number of phosphoric ester groups is 2. The Morgan fingerprint density at radius 1 is 0.292 bits per heavy atom. The van der Waals surface area contributed by atoms with Crippen molar-refractivity contribution in [2.75, 3.05) is 39.6 Å². The first-order chi connectivity index (χ1) is 46.1. The summed E-state index contributed by atoms with van der Waals surface area (Å²) in [5.74, 6) is 0.940. The van der Waals surface area contributed by atoms with Crippen LogP contribution in [0.15, 0.2) is 0 Å². The molecule has 17 nitrogen and oxygen atoms in total. The Morgan fingerprint density at radius 3 is 0.740 bits per heavy atom. The molecule has 0 amide bonds. The van der Waals surface area contributed by atoms with Gasteiger partial charge in [-0.25, -0.2) is 9.13 Å². The van der Waals surface area contributed by atoms with Gasteiger partial charge in [-0.05, 0) is 49.4 Å². The van der Waals surface area contributed by atoms with Crippen LogP contribution < -0.4 is 0 Å². The van der Waals surface area contributed by atoms with E-state index in [0.717, 1.165) is 120 Å². The number of hydrogen-bond acceptors (Lipinski definition) is 15. The number of aliphatic hydroxyl groups is 1. The maximum absolute atomic E-state index is 13.1. The third kappa shape index (κ3) is 69.2. The first-order valence-electron chi connectivity index (χ1n) is 39.7. The van der Waals surface area contributed by atoms with E-state index < -0.39 is 97.5 Å². The number of unbranched alkanes of at least 4 members (excludes halogenated alkanes) is 39. The van der Waals surface area contributed by atoms with Crippen LogP contribution in [0.25, 0.3) is 0 Å². The fourth-order valence-corrected chi connectivity index (χ4v) is 13.3. The molecule has 6 atom stereocenters. The van der Waals surface area contributed by atoms with Crippen LogP contribution in [0.3, 0.4) is 0 Å². The van der Waals surface area contributed by atoms with E-state index in [-0.39, 0.29) is 25.7 Å². The van der Waals surface area contributed by atoms with Crippen LogP contribution in [0.5, 0.6) is 0 Å². The topological polar surface area (TPSA) is 237 Å². The van der Waals surface area contributed by atoms with Crippen molar-refractivity contribution in [1.29, 1.82) is 0 Å². The fraction of sp³-hybridized carbons (Fsp3) is 0.948. The molecule has 19 heteroatoms. The smallest absolute Gasteiger partial charge is 0.462 e. The van der Waals surface area contributed by atoms with E-state index in [0.29, 0.717) is 25.7 Å². The predicted octanol–water partition coefficient (Wildman–Crippen LogP) is 22.4. The molecule has 0 saturated heterocycles. The minimum Gasteiger partial charge on any atom is -0.462 e. The molecule has 0 aliphatic heterocycles. The number of carbonyl (C=O) groups is 4. The molecule has 0 aliphatic carbocycles. The number of carbonyl (C=O) groups excluding carboxylic acids is 4. The first-order valence-corrected chi connectivity index (χ1v) is 42.7. The van der Waals surface area contributed by atoms with E-state index in [1.54, 1.807) is 0 Å². The lowest BCUT2D eigenvalue weighted by atomic mass is 10.00. The Labute approximate surface area is 588 Å². The molecule has 0 aromatic heterocycles. The number of ether oxygens (including phenoxy) is 4. The van der Waals surface area contributed by atoms with Gasteiger partial charge in [-0.15, -0.1) is 0 Å². The van der Waals surface area contributed by atoms with Crippen LogP contribution in [-0.2, 0) is 65.4 Å². The standard InChI is InChI=1S/C77H150O17P2/c1-9-70(8)56-48-40-35-36-42-50-58-75(80)88-64-73(94-77(82)60-52-44-34-28-22-21-25-31-39-47-55-69(6)7)66-92-96(85,86)90-62-71(78)61-89-95(83,84)91-65-72(93-76(81)59-51-43-33-27-20-16-18-24-30-38-46-54-68(4)5)63-87-74(79)57-49-41-32-26-19-15-13-11-10-12-14-17-23-29-37-45-53-67(2)3/h67-73,78H,9-66H2,1-8H3,(H,83,84)(H,85,86)/t70?,71-,72-,73-/m1/s1. The van der Waals surface area contributed by atoms with Crippen molar-refractivity contribution in [2.24, 2.45) is 23.7 Å². The highest BCUT2D eigenvalue weighted by Gasteiger charge is 2.30. The maximum atomic E-state index is 13.1.